The molecule has 0 saturated heterocycles. The number of carboxylic acid groups (broad SMARTS) is 1. The summed E-state index contributed by atoms with van der Waals surface area (Å²) in [6.07, 6.45) is -0.0932. The van der Waals surface area contributed by atoms with Crippen molar-refractivity contribution in [3.05, 3.63) is 65.7 Å². The number of benzene rings is 2. The van der Waals surface area contributed by atoms with Gasteiger partial charge in [0.1, 0.15) is 12.4 Å². The van der Waals surface area contributed by atoms with E-state index in [-0.39, 0.29) is 18.9 Å². The average molecular weight is 299 g/mol. The third kappa shape index (κ3) is 4.94. The van der Waals surface area contributed by atoms with Crippen LogP contribution in [0.4, 0.5) is 0 Å². The zero-order valence-corrected chi connectivity index (χ0v) is 12.0. The monoisotopic (exact) mass is 299 g/mol. The second kappa shape index (κ2) is 7.83. The lowest BCUT2D eigenvalue weighted by Crippen LogP contribution is -2.25. The molecule has 2 rings (SSSR count). The average Bonchev–Trinajstić information content (AvgIpc) is 2.54. The largest absolute Gasteiger partial charge is 0.489 e. The normalized spacial score (nSPS) is 10.0. The molecule has 2 N–H and O–H groups in total. The number of ether oxygens (including phenoxy) is 1. The molecule has 114 valence electrons. The van der Waals surface area contributed by atoms with E-state index >= 15 is 0 Å². The standard InChI is InChI=1S/C17H17NO4/c19-16(20)10-11-18-17(21)14-6-8-15(9-7-14)22-12-13-4-2-1-3-5-13/h1-9H,10-12H2,(H,18,21)(H,19,20). The van der Waals surface area contributed by atoms with Crippen LogP contribution >= 0.6 is 0 Å². The third-order valence-corrected chi connectivity index (χ3v) is 2.99. The van der Waals surface area contributed by atoms with E-state index in [1.807, 2.05) is 30.3 Å². The van der Waals surface area contributed by atoms with Crippen LogP contribution in [0.3, 0.4) is 0 Å². The van der Waals surface area contributed by atoms with Crippen LogP contribution in [0.25, 0.3) is 0 Å². The Labute approximate surface area is 128 Å². The van der Waals surface area contributed by atoms with Gasteiger partial charge in [0, 0.05) is 12.1 Å². The molecule has 0 aliphatic rings. The van der Waals surface area contributed by atoms with Crippen molar-refractivity contribution < 1.29 is 19.4 Å². The Balaban J connectivity index is 1.84. The minimum absolute atomic E-state index is 0.0932. The molecule has 0 atom stereocenters. The Morgan fingerprint density at radius 2 is 1.68 bits per heavy atom. The van der Waals surface area contributed by atoms with Crippen LogP contribution in [0.15, 0.2) is 54.6 Å². The van der Waals surface area contributed by atoms with Crippen LogP contribution in [0.5, 0.6) is 5.75 Å². The highest BCUT2D eigenvalue weighted by molar-refractivity contribution is 5.94. The van der Waals surface area contributed by atoms with E-state index in [2.05, 4.69) is 5.32 Å². The molecule has 2 aromatic rings. The number of nitrogens with one attached hydrogen (secondary N) is 1. The Kier molecular flexibility index (Phi) is 5.54. The Bertz CT molecular complexity index is 623. The summed E-state index contributed by atoms with van der Waals surface area (Å²) in [5.41, 5.74) is 1.54. The molecule has 0 spiro atoms. The van der Waals surface area contributed by atoms with Gasteiger partial charge in [-0.15, -0.1) is 0 Å². The summed E-state index contributed by atoms with van der Waals surface area (Å²) < 4.78 is 5.63. The first-order chi connectivity index (χ1) is 10.6. The lowest BCUT2D eigenvalue weighted by atomic mass is 10.2. The van der Waals surface area contributed by atoms with Gasteiger partial charge in [-0.1, -0.05) is 30.3 Å². The number of carboxylic acids is 1. The topological polar surface area (TPSA) is 75.6 Å². The molecule has 0 unspecified atom stereocenters. The van der Waals surface area contributed by atoms with E-state index < -0.39 is 5.97 Å². The van der Waals surface area contributed by atoms with E-state index in [4.69, 9.17) is 9.84 Å². The fourth-order valence-electron chi connectivity index (χ4n) is 1.83. The van der Waals surface area contributed by atoms with E-state index in [0.717, 1.165) is 5.56 Å². The van der Waals surface area contributed by atoms with Gasteiger partial charge < -0.3 is 15.2 Å². The number of carbonyl (C=O) groups is 2. The van der Waals surface area contributed by atoms with Crippen molar-refractivity contribution in [1.82, 2.24) is 5.32 Å². The zero-order valence-electron chi connectivity index (χ0n) is 12.0. The SMILES string of the molecule is O=C(O)CCNC(=O)c1ccc(OCc2ccccc2)cc1. The van der Waals surface area contributed by atoms with E-state index in [9.17, 15) is 9.59 Å². The molecule has 0 saturated carbocycles. The predicted molar refractivity (Wildman–Crippen MR) is 81.8 cm³/mol. The van der Waals surface area contributed by atoms with E-state index in [1.54, 1.807) is 24.3 Å². The van der Waals surface area contributed by atoms with Crippen LogP contribution in [0.2, 0.25) is 0 Å². The van der Waals surface area contributed by atoms with Gasteiger partial charge in [-0.2, -0.15) is 0 Å². The number of hydrogen-bond acceptors (Lipinski definition) is 3. The molecular formula is C17H17NO4. The summed E-state index contributed by atoms with van der Waals surface area (Å²) in [5.74, 6) is -0.563. The first kappa shape index (κ1) is 15.6. The molecule has 2 aromatic carbocycles. The van der Waals surface area contributed by atoms with Crippen LogP contribution in [-0.4, -0.2) is 23.5 Å². The minimum atomic E-state index is -0.940. The van der Waals surface area contributed by atoms with Crippen molar-refractivity contribution in [2.75, 3.05) is 6.54 Å². The maximum atomic E-state index is 11.8. The van der Waals surface area contributed by atoms with Crippen LogP contribution in [0, 0.1) is 0 Å². The minimum Gasteiger partial charge on any atom is -0.489 e. The number of hydrogen-bond donors (Lipinski definition) is 2. The van der Waals surface area contributed by atoms with E-state index in [0.29, 0.717) is 17.9 Å². The smallest absolute Gasteiger partial charge is 0.305 e. The maximum Gasteiger partial charge on any atom is 0.305 e. The number of aliphatic carboxylic acids is 1. The van der Waals surface area contributed by atoms with Gasteiger partial charge in [0.2, 0.25) is 0 Å². The van der Waals surface area contributed by atoms with Crippen molar-refractivity contribution in [3.63, 3.8) is 0 Å². The van der Waals surface area contributed by atoms with Crippen molar-refractivity contribution in [3.8, 4) is 5.75 Å². The fourth-order valence-corrected chi connectivity index (χ4v) is 1.83. The molecule has 0 aromatic heterocycles. The number of carbonyl (C=O) groups excluding carboxylic acids is 1. The van der Waals surface area contributed by atoms with Crippen LogP contribution < -0.4 is 10.1 Å². The lowest BCUT2D eigenvalue weighted by Gasteiger charge is -2.07. The first-order valence-electron chi connectivity index (χ1n) is 6.92. The predicted octanol–water partition coefficient (Wildman–Crippen LogP) is 2.47. The molecule has 0 aliphatic carbocycles. The molecule has 0 bridgehead atoms. The Hall–Kier alpha value is -2.82. The Morgan fingerprint density at radius 3 is 2.32 bits per heavy atom. The zero-order chi connectivity index (χ0) is 15.8. The van der Waals surface area contributed by atoms with Crippen LogP contribution in [-0.2, 0) is 11.4 Å². The van der Waals surface area contributed by atoms with Crippen LogP contribution in [0.1, 0.15) is 22.3 Å². The quantitative estimate of drug-likeness (QED) is 0.823. The summed E-state index contributed by atoms with van der Waals surface area (Å²) in [7, 11) is 0. The van der Waals surface area contributed by atoms with Gasteiger partial charge in [0.25, 0.3) is 5.91 Å². The molecule has 0 fully saturated rings. The lowest BCUT2D eigenvalue weighted by molar-refractivity contribution is -0.136. The van der Waals surface area contributed by atoms with Crippen molar-refractivity contribution in [2.45, 2.75) is 13.0 Å². The van der Waals surface area contributed by atoms with Gasteiger partial charge in [0.15, 0.2) is 0 Å². The van der Waals surface area contributed by atoms with Gasteiger partial charge in [-0.05, 0) is 29.8 Å². The molecule has 0 radical (unpaired) electrons. The highest BCUT2D eigenvalue weighted by Crippen LogP contribution is 2.14. The molecule has 5 heteroatoms. The van der Waals surface area contributed by atoms with Crippen molar-refractivity contribution in [1.29, 1.82) is 0 Å². The first-order valence-corrected chi connectivity index (χ1v) is 6.92. The molecular weight excluding hydrogens is 282 g/mol. The fraction of sp³-hybridized carbons (Fsp3) is 0.176. The second-order valence-electron chi connectivity index (χ2n) is 4.70. The number of amides is 1. The molecule has 0 aliphatic heterocycles. The molecule has 22 heavy (non-hydrogen) atoms. The van der Waals surface area contributed by atoms with Crippen molar-refractivity contribution in [2.24, 2.45) is 0 Å². The van der Waals surface area contributed by atoms with Gasteiger partial charge in [-0.25, -0.2) is 0 Å². The second-order valence-corrected chi connectivity index (χ2v) is 4.70. The molecule has 0 heterocycles. The highest BCUT2D eigenvalue weighted by atomic mass is 16.5. The molecule has 1 amide bonds. The summed E-state index contributed by atoms with van der Waals surface area (Å²) in [4.78, 5) is 22.2. The molecule has 5 nitrogen and oxygen atoms in total. The summed E-state index contributed by atoms with van der Waals surface area (Å²) in [6.45, 7) is 0.575. The van der Waals surface area contributed by atoms with E-state index in [1.165, 1.54) is 0 Å². The summed E-state index contributed by atoms with van der Waals surface area (Å²) in [5, 5.41) is 11.1. The maximum absolute atomic E-state index is 11.8. The van der Waals surface area contributed by atoms with Gasteiger partial charge in [0.05, 0.1) is 6.42 Å². The third-order valence-electron chi connectivity index (χ3n) is 2.99. The summed E-state index contributed by atoms with van der Waals surface area (Å²) >= 11 is 0. The highest BCUT2D eigenvalue weighted by Gasteiger charge is 2.06. The summed E-state index contributed by atoms with van der Waals surface area (Å²) in [6, 6.07) is 16.5. The van der Waals surface area contributed by atoms with Crippen molar-refractivity contribution >= 4 is 11.9 Å². The van der Waals surface area contributed by atoms with Gasteiger partial charge >= 0.3 is 5.97 Å². The Morgan fingerprint density at radius 1 is 1.00 bits per heavy atom. The number of rotatable bonds is 7. The van der Waals surface area contributed by atoms with Gasteiger partial charge in [-0.3, -0.25) is 9.59 Å².